The number of rotatable bonds is 7. The van der Waals surface area contributed by atoms with E-state index in [1.54, 1.807) is 0 Å². The number of benzene rings is 2. The number of hydrogen-bond acceptors (Lipinski definition) is 4. The molecule has 3 atom stereocenters. The van der Waals surface area contributed by atoms with Crippen LogP contribution in [0.25, 0.3) is 0 Å². The summed E-state index contributed by atoms with van der Waals surface area (Å²) in [7, 11) is 0. The predicted molar refractivity (Wildman–Crippen MR) is 153 cm³/mol. The molecule has 6 heteroatoms. The number of phenols is 1. The molecule has 198 valence electrons. The quantitative estimate of drug-likeness (QED) is 0.326. The number of nitrogens with one attached hydrogen (secondary N) is 1. The largest absolute Gasteiger partial charge is 0.507 e. The highest BCUT2D eigenvalue weighted by Gasteiger charge is 2.42. The van der Waals surface area contributed by atoms with Crippen LogP contribution < -0.4 is 0 Å². The SMILES string of the molecule is Br.CCCC1CN(CC(=O)c2cc(C(C)(C)C)c(O)c(C(C)(C)C)c2)C(=N)C1C(O)c1ccccc1. The molecule has 0 saturated carbocycles. The highest BCUT2D eigenvalue weighted by Crippen LogP contribution is 2.41. The summed E-state index contributed by atoms with van der Waals surface area (Å²) in [4.78, 5) is 15.4. The summed E-state index contributed by atoms with van der Waals surface area (Å²) in [5, 5.41) is 31.1. The van der Waals surface area contributed by atoms with Crippen molar-refractivity contribution in [1.82, 2.24) is 4.90 Å². The molecule has 1 fully saturated rings. The molecular weight excluding hydrogens is 516 g/mol. The number of ketones is 1. The van der Waals surface area contributed by atoms with Crippen LogP contribution in [0.3, 0.4) is 0 Å². The minimum Gasteiger partial charge on any atom is -0.507 e. The van der Waals surface area contributed by atoms with Crippen LogP contribution >= 0.6 is 17.0 Å². The number of hydrogen-bond donors (Lipinski definition) is 3. The number of carbonyl (C=O) groups is 1. The van der Waals surface area contributed by atoms with Crippen LogP contribution in [-0.4, -0.2) is 39.8 Å². The van der Waals surface area contributed by atoms with Crippen LogP contribution in [0.4, 0.5) is 0 Å². The molecule has 1 heterocycles. The maximum absolute atomic E-state index is 13.5. The van der Waals surface area contributed by atoms with Crippen LogP contribution in [0.5, 0.6) is 5.75 Å². The van der Waals surface area contributed by atoms with Crippen molar-refractivity contribution in [2.75, 3.05) is 13.1 Å². The zero-order chi connectivity index (χ0) is 26.1. The third-order valence-corrected chi connectivity index (χ3v) is 7.14. The van der Waals surface area contributed by atoms with Crippen molar-refractivity contribution in [2.24, 2.45) is 11.8 Å². The van der Waals surface area contributed by atoms with E-state index in [1.807, 2.05) is 88.9 Å². The Balaban J connectivity index is 0.00000456. The number of halogens is 1. The van der Waals surface area contributed by atoms with Gasteiger partial charge in [-0.3, -0.25) is 10.2 Å². The van der Waals surface area contributed by atoms with Crippen LogP contribution in [0.1, 0.15) is 94.5 Å². The van der Waals surface area contributed by atoms with Gasteiger partial charge >= 0.3 is 0 Å². The smallest absolute Gasteiger partial charge is 0.182 e. The number of aliphatic hydroxyl groups excluding tert-OH is 1. The minimum absolute atomic E-state index is 0. The van der Waals surface area contributed by atoms with Crippen molar-refractivity contribution in [3.05, 3.63) is 64.7 Å². The highest BCUT2D eigenvalue weighted by atomic mass is 79.9. The number of amidine groups is 1. The van der Waals surface area contributed by atoms with Gasteiger partial charge in [0.05, 0.1) is 18.6 Å². The lowest BCUT2D eigenvalue weighted by Crippen LogP contribution is -2.34. The number of aliphatic hydroxyl groups is 1. The summed E-state index contributed by atoms with van der Waals surface area (Å²) in [6, 6.07) is 13.1. The Morgan fingerprint density at radius 3 is 2.06 bits per heavy atom. The normalized spacial score (nSPS) is 19.2. The molecule has 0 aromatic heterocycles. The lowest BCUT2D eigenvalue weighted by atomic mass is 9.78. The van der Waals surface area contributed by atoms with Crippen LogP contribution in [-0.2, 0) is 10.8 Å². The van der Waals surface area contributed by atoms with E-state index in [0.29, 0.717) is 17.9 Å². The Bertz CT molecular complexity index is 1030. The first-order valence-electron chi connectivity index (χ1n) is 12.7. The lowest BCUT2D eigenvalue weighted by molar-refractivity contribution is 0.0962. The maximum atomic E-state index is 13.5. The van der Waals surface area contributed by atoms with Gasteiger partial charge in [-0.15, -0.1) is 17.0 Å². The third-order valence-electron chi connectivity index (χ3n) is 7.14. The third kappa shape index (κ3) is 6.38. The van der Waals surface area contributed by atoms with Gasteiger partial charge in [0.25, 0.3) is 0 Å². The summed E-state index contributed by atoms with van der Waals surface area (Å²) in [6.07, 6.45) is 1.08. The molecule has 3 rings (SSSR count). The second-order valence-corrected chi connectivity index (χ2v) is 12.0. The first-order chi connectivity index (χ1) is 16.3. The lowest BCUT2D eigenvalue weighted by Gasteiger charge is -2.28. The van der Waals surface area contributed by atoms with Gasteiger partial charge in [0.15, 0.2) is 5.78 Å². The summed E-state index contributed by atoms with van der Waals surface area (Å²) in [6.45, 7) is 15.0. The summed E-state index contributed by atoms with van der Waals surface area (Å²) < 4.78 is 0. The van der Waals surface area contributed by atoms with Gasteiger partial charge in [0.2, 0.25) is 0 Å². The number of carbonyl (C=O) groups excluding carboxylic acids is 1. The van der Waals surface area contributed by atoms with Crippen molar-refractivity contribution in [2.45, 2.75) is 78.2 Å². The fourth-order valence-electron chi connectivity index (χ4n) is 5.19. The Morgan fingerprint density at radius 2 is 1.58 bits per heavy atom. The number of phenolic OH excluding ortho intramolecular Hbond substituents is 1. The zero-order valence-electron chi connectivity index (χ0n) is 22.8. The van der Waals surface area contributed by atoms with Gasteiger partial charge in [0.1, 0.15) is 11.6 Å². The molecule has 3 N–H and O–H groups in total. The molecule has 1 aliphatic rings. The molecule has 0 amide bonds. The fourth-order valence-corrected chi connectivity index (χ4v) is 5.19. The van der Waals surface area contributed by atoms with Gasteiger partial charge in [-0.1, -0.05) is 85.2 Å². The topological polar surface area (TPSA) is 84.6 Å². The second kappa shape index (κ2) is 11.5. The van der Waals surface area contributed by atoms with Gasteiger partial charge in [-0.25, -0.2) is 0 Å². The maximum Gasteiger partial charge on any atom is 0.182 e. The van der Waals surface area contributed by atoms with E-state index >= 15 is 0 Å². The molecule has 3 unspecified atom stereocenters. The Kier molecular flexibility index (Phi) is 9.58. The first kappa shape index (κ1) is 30.0. The summed E-state index contributed by atoms with van der Waals surface area (Å²) >= 11 is 0. The average molecular weight is 560 g/mol. The standard InChI is InChI=1S/C30H42N2O3.BrH/c1-8-12-20-17-32(28(31)25(20)26(34)19-13-10-9-11-14-19)18-24(33)21-15-22(29(2,3)4)27(35)23(16-21)30(5,6)7;/h9-11,13-16,20,25-26,31,34-35H,8,12,17-18H2,1-7H3;1H. The van der Waals surface area contributed by atoms with Gasteiger partial charge in [0, 0.05) is 23.2 Å². The Labute approximate surface area is 227 Å². The van der Waals surface area contributed by atoms with Crippen molar-refractivity contribution in [3.63, 3.8) is 0 Å². The van der Waals surface area contributed by atoms with Crippen molar-refractivity contribution in [3.8, 4) is 5.75 Å². The van der Waals surface area contributed by atoms with Crippen LogP contribution in [0.15, 0.2) is 42.5 Å². The molecule has 0 bridgehead atoms. The Morgan fingerprint density at radius 1 is 1.06 bits per heavy atom. The molecule has 1 saturated heterocycles. The molecule has 0 spiro atoms. The zero-order valence-corrected chi connectivity index (χ0v) is 24.5. The molecule has 0 radical (unpaired) electrons. The van der Waals surface area contributed by atoms with E-state index in [9.17, 15) is 15.0 Å². The van der Waals surface area contributed by atoms with E-state index in [-0.39, 0.29) is 57.7 Å². The number of likely N-dealkylation sites (tertiary alicyclic amines) is 1. The first-order valence-corrected chi connectivity index (χ1v) is 12.7. The summed E-state index contributed by atoms with van der Waals surface area (Å²) in [5.41, 5.74) is 2.23. The predicted octanol–water partition coefficient (Wildman–Crippen LogP) is 6.81. The second-order valence-electron chi connectivity index (χ2n) is 12.0. The molecule has 36 heavy (non-hydrogen) atoms. The molecule has 2 aromatic rings. The van der Waals surface area contributed by atoms with E-state index in [1.165, 1.54) is 0 Å². The van der Waals surface area contributed by atoms with E-state index < -0.39 is 6.10 Å². The molecule has 1 aliphatic heterocycles. The Hall–Kier alpha value is -2.18. The monoisotopic (exact) mass is 558 g/mol. The van der Waals surface area contributed by atoms with Crippen LogP contribution in [0, 0.1) is 17.2 Å². The molecular formula is C30H43BrN2O3. The minimum atomic E-state index is -0.769. The highest BCUT2D eigenvalue weighted by molar-refractivity contribution is 8.93. The molecule has 5 nitrogen and oxygen atoms in total. The average Bonchev–Trinajstić information content (AvgIpc) is 3.07. The van der Waals surface area contributed by atoms with Crippen molar-refractivity contribution in [1.29, 1.82) is 5.41 Å². The van der Waals surface area contributed by atoms with Crippen molar-refractivity contribution >= 4 is 28.6 Å². The fraction of sp³-hybridized carbons (Fsp3) is 0.533. The number of Topliss-reactive ketones (excluding diaryl/α,β-unsaturated/α-hetero) is 1. The van der Waals surface area contributed by atoms with Gasteiger partial charge in [-0.05, 0) is 40.9 Å². The molecule has 2 aromatic carbocycles. The number of nitrogens with zero attached hydrogens (tertiary/aromatic N) is 1. The van der Waals surface area contributed by atoms with Gasteiger partial charge in [-0.2, -0.15) is 0 Å². The van der Waals surface area contributed by atoms with E-state index in [2.05, 4.69) is 6.92 Å². The molecule has 0 aliphatic carbocycles. The number of aromatic hydroxyl groups is 1. The van der Waals surface area contributed by atoms with Gasteiger partial charge < -0.3 is 15.1 Å². The van der Waals surface area contributed by atoms with Crippen molar-refractivity contribution < 1.29 is 15.0 Å². The summed E-state index contributed by atoms with van der Waals surface area (Å²) in [5.74, 6) is 0.297. The van der Waals surface area contributed by atoms with Crippen LogP contribution in [0.2, 0.25) is 0 Å². The van der Waals surface area contributed by atoms with E-state index in [4.69, 9.17) is 5.41 Å². The van der Waals surface area contributed by atoms with E-state index in [0.717, 1.165) is 29.5 Å².